The molecule has 23 heavy (non-hydrogen) atoms. The van der Waals surface area contributed by atoms with E-state index in [-0.39, 0.29) is 18.4 Å². The first-order valence-corrected chi connectivity index (χ1v) is 9.53. The van der Waals surface area contributed by atoms with Gasteiger partial charge < -0.3 is 10.0 Å². The Balaban J connectivity index is 1.73. The van der Waals surface area contributed by atoms with Crippen LogP contribution in [0.4, 0.5) is 0 Å². The number of amides is 1. The highest BCUT2D eigenvalue weighted by Gasteiger charge is 2.32. The van der Waals surface area contributed by atoms with E-state index in [2.05, 4.69) is 17.5 Å². The van der Waals surface area contributed by atoms with E-state index < -0.39 is 5.97 Å². The summed E-state index contributed by atoms with van der Waals surface area (Å²) in [6.45, 7) is 0.744. The molecule has 1 amide bonds. The molecule has 1 aliphatic heterocycles. The topological polar surface area (TPSA) is 57.6 Å². The SMILES string of the molecule is O=C(O)CCCCC(=O)N1CCc2sccc2C1c1cccs1. The van der Waals surface area contributed by atoms with Gasteiger partial charge >= 0.3 is 5.97 Å². The molecule has 2 aromatic rings. The minimum Gasteiger partial charge on any atom is -0.481 e. The van der Waals surface area contributed by atoms with Crippen LogP contribution in [-0.4, -0.2) is 28.4 Å². The van der Waals surface area contributed by atoms with Crippen molar-refractivity contribution in [2.45, 2.75) is 38.1 Å². The molecule has 2 aromatic heterocycles. The summed E-state index contributed by atoms with van der Waals surface area (Å²) < 4.78 is 0. The van der Waals surface area contributed by atoms with Crippen molar-refractivity contribution in [3.63, 3.8) is 0 Å². The summed E-state index contributed by atoms with van der Waals surface area (Å²) in [7, 11) is 0. The summed E-state index contributed by atoms with van der Waals surface area (Å²) in [4.78, 5) is 27.8. The molecule has 1 N–H and O–H groups in total. The van der Waals surface area contributed by atoms with Crippen LogP contribution in [-0.2, 0) is 16.0 Å². The molecular formula is C17H19NO3S2. The number of carboxylic acids is 1. The first-order chi connectivity index (χ1) is 11.2. The summed E-state index contributed by atoms with van der Waals surface area (Å²) >= 11 is 3.45. The van der Waals surface area contributed by atoms with E-state index in [0.717, 1.165) is 13.0 Å². The average Bonchev–Trinajstić information content (AvgIpc) is 3.20. The Kier molecular flexibility index (Phi) is 5.13. The van der Waals surface area contributed by atoms with Crippen LogP contribution in [0.1, 0.15) is 47.0 Å². The second-order valence-corrected chi connectivity index (χ2v) is 7.63. The largest absolute Gasteiger partial charge is 0.481 e. The van der Waals surface area contributed by atoms with E-state index in [1.807, 2.05) is 16.3 Å². The van der Waals surface area contributed by atoms with Crippen LogP contribution in [0, 0.1) is 0 Å². The van der Waals surface area contributed by atoms with Gasteiger partial charge in [0.2, 0.25) is 5.91 Å². The van der Waals surface area contributed by atoms with E-state index in [4.69, 9.17) is 5.11 Å². The van der Waals surface area contributed by atoms with Crippen molar-refractivity contribution >= 4 is 34.6 Å². The summed E-state index contributed by atoms with van der Waals surface area (Å²) in [6.07, 6.45) is 2.66. The van der Waals surface area contributed by atoms with Gasteiger partial charge in [0, 0.05) is 29.1 Å². The van der Waals surface area contributed by atoms with Crippen LogP contribution in [0.5, 0.6) is 0 Å². The number of carbonyl (C=O) groups is 2. The zero-order chi connectivity index (χ0) is 16.2. The molecule has 4 nitrogen and oxygen atoms in total. The number of aliphatic carboxylic acids is 1. The maximum absolute atomic E-state index is 12.7. The molecule has 0 aromatic carbocycles. The lowest BCUT2D eigenvalue weighted by molar-refractivity contribution is -0.138. The lowest BCUT2D eigenvalue weighted by Gasteiger charge is -2.35. The summed E-state index contributed by atoms with van der Waals surface area (Å²) in [5, 5.41) is 12.8. The maximum Gasteiger partial charge on any atom is 0.303 e. The Bertz CT molecular complexity index is 678. The fourth-order valence-corrected chi connectivity index (χ4v) is 4.79. The summed E-state index contributed by atoms with van der Waals surface area (Å²) in [5.41, 5.74) is 1.25. The molecule has 0 saturated carbocycles. The van der Waals surface area contributed by atoms with E-state index in [0.29, 0.717) is 19.3 Å². The van der Waals surface area contributed by atoms with Gasteiger partial charge in [-0.2, -0.15) is 0 Å². The minimum absolute atomic E-state index is 0.0250. The van der Waals surface area contributed by atoms with Crippen LogP contribution in [0.3, 0.4) is 0 Å². The average molecular weight is 349 g/mol. The standard InChI is InChI=1S/C17H19NO3S2/c19-15(5-1-2-6-16(20)21)18-9-7-13-12(8-11-23-13)17(18)14-4-3-10-22-14/h3-4,8,10-11,17H,1-2,5-7,9H2,(H,20,21). The van der Waals surface area contributed by atoms with Crippen molar-refractivity contribution in [2.75, 3.05) is 6.54 Å². The number of hydrogen-bond donors (Lipinski definition) is 1. The van der Waals surface area contributed by atoms with Crippen LogP contribution in [0.25, 0.3) is 0 Å². The number of unbranched alkanes of at least 4 members (excludes halogenated alkanes) is 1. The van der Waals surface area contributed by atoms with Gasteiger partial charge in [-0.3, -0.25) is 9.59 Å². The second-order valence-electron chi connectivity index (χ2n) is 5.66. The third-order valence-corrected chi connectivity index (χ3v) is 6.05. The quantitative estimate of drug-likeness (QED) is 0.804. The third kappa shape index (κ3) is 3.64. The van der Waals surface area contributed by atoms with Crippen molar-refractivity contribution in [1.29, 1.82) is 0 Å². The van der Waals surface area contributed by atoms with Crippen LogP contribution >= 0.6 is 22.7 Å². The fourth-order valence-electron chi connectivity index (χ4n) is 3.03. The van der Waals surface area contributed by atoms with E-state index in [1.165, 1.54) is 15.3 Å². The van der Waals surface area contributed by atoms with E-state index in [9.17, 15) is 9.59 Å². The highest BCUT2D eigenvalue weighted by molar-refractivity contribution is 7.10. The molecule has 1 aliphatic rings. The highest BCUT2D eigenvalue weighted by atomic mass is 32.1. The third-order valence-electron chi connectivity index (χ3n) is 4.13. The molecule has 6 heteroatoms. The number of fused-ring (bicyclic) bond motifs is 1. The van der Waals surface area contributed by atoms with Gasteiger partial charge in [0.1, 0.15) is 0 Å². The molecule has 0 saturated heterocycles. The van der Waals surface area contributed by atoms with Crippen molar-refractivity contribution < 1.29 is 14.7 Å². The first kappa shape index (κ1) is 16.2. The zero-order valence-electron chi connectivity index (χ0n) is 12.7. The number of nitrogens with zero attached hydrogens (tertiary/aromatic N) is 1. The fraction of sp³-hybridized carbons (Fsp3) is 0.412. The molecule has 3 heterocycles. The molecule has 122 valence electrons. The van der Waals surface area contributed by atoms with E-state index >= 15 is 0 Å². The maximum atomic E-state index is 12.7. The van der Waals surface area contributed by atoms with Crippen LogP contribution < -0.4 is 0 Å². The van der Waals surface area contributed by atoms with E-state index in [1.54, 1.807) is 22.7 Å². The van der Waals surface area contributed by atoms with Gasteiger partial charge in [-0.25, -0.2) is 0 Å². The van der Waals surface area contributed by atoms with Gasteiger partial charge in [-0.1, -0.05) is 6.07 Å². The molecule has 3 rings (SSSR count). The normalized spacial score (nSPS) is 17.0. The number of hydrogen-bond acceptors (Lipinski definition) is 4. The predicted molar refractivity (Wildman–Crippen MR) is 92.0 cm³/mol. The van der Waals surface area contributed by atoms with Gasteiger partial charge in [-0.05, 0) is 47.7 Å². The van der Waals surface area contributed by atoms with Crippen molar-refractivity contribution in [2.24, 2.45) is 0 Å². The Morgan fingerprint density at radius 1 is 1.17 bits per heavy atom. The molecule has 0 fully saturated rings. The highest BCUT2D eigenvalue weighted by Crippen LogP contribution is 2.39. The summed E-state index contributed by atoms with van der Waals surface area (Å²) in [6, 6.07) is 6.27. The zero-order valence-corrected chi connectivity index (χ0v) is 14.4. The molecule has 0 bridgehead atoms. The monoisotopic (exact) mass is 349 g/mol. The van der Waals surface area contributed by atoms with Crippen LogP contribution in [0.15, 0.2) is 29.0 Å². The predicted octanol–water partition coefficient (Wildman–Crippen LogP) is 3.93. The van der Waals surface area contributed by atoms with Gasteiger partial charge in [0.15, 0.2) is 0 Å². The molecule has 1 unspecified atom stereocenters. The first-order valence-electron chi connectivity index (χ1n) is 7.77. The summed E-state index contributed by atoms with van der Waals surface area (Å²) in [5.74, 6) is -0.666. The van der Waals surface area contributed by atoms with Gasteiger partial charge in [-0.15, -0.1) is 22.7 Å². The molecular weight excluding hydrogens is 330 g/mol. The Morgan fingerprint density at radius 2 is 2.00 bits per heavy atom. The van der Waals surface area contributed by atoms with Crippen molar-refractivity contribution in [3.8, 4) is 0 Å². The molecule has 0 aliphatic carbocycles. The lowest BCUT2D eigenvalue weighted by Crippen LogP contribution is -2.39. The number of carboxylic acid groups (broad SMARTS) is 1. The lowest BCUT2D eigenvalue weighted by atomic mass is 9.97. The molecule has 1 atom stereocenters. The van der Waals surface area contributed by atoms with Gasteiger partial charge in [0.05, 0.1) is 6.04 Å². The van der Waals surface area contributed by atoms with Crippen molar-refractivity contribution in [3.05, 3.63) is 44.3 Å². The van der Waals surface area contributed by atoms with Crippen LogP contribution in [0.2, 0.25) is 0 Å². The molecule has 0 spiro atoms. The molecule has 0 radical (unpaired) electrons. The number of rotatable bonds is 6. The Labute approximate surface area is 143 Å². The smallest absolute Gasteiger partial charge is 0.303 e. The van der Waals surface area contributed by atoms with Crippen molar-refractivity contribution in [1.82, 2.24) is 4.90 Å². The Morgan fingerprint density at radius 3 is 2.74 bits per heavy atom. The van der Waals surface area contributed by atoms with Gasteiger partial charge in [0.25, 0.3) is 0 Å². The number of carbonyl (C=O) groups excluding carboxylic acids is 1. The number of thiophene rings is 2. The Hall–Kier alpha value is -1.66. The second kappa shape index (κ2) is 7.27. The minimum atomic E-state index is -0.796.